The highest BCUT2D eigenvalue weighted by Crippen LogP contribution is 2.14. The van der Waals surface area contributed by atoms with Crippen LogP contribution in [-0.4, -0.2) is 44.3 Å². The van der Waals surface area contributed by atoms with Crippen LogP contribution in [0.3, 0.4) is 0 Å². The summed E-state index contributed by atoms with van der Waals surface area (Å²) in [5.41, 5.74) is 5.99. The topological polar surface area (TPSA) is 38.5 Å². The molecule has 0 aliphatic carbocycles. The Morgan fingerprint density at radius 1 is 1.06 bits per heavy atom. The van der Waals surface area contributed by atoms with Gasteiger partial charge in [0.2, 0.25) is 0 Å². The Balaban J connectivity index is 3.82. The highest BCUT2D eigenvalue weighted by Gasteiger charge is 2.19. The molecule has 0 heterocycles. The van der Waals surface area contributed by atoms with Gasteiger partial charge in [0.1, 0.15) is 0 Å². The average Bonchev–Trinajstić information content (AvgIpc) is 2.28. The molecule has 0 aliphatic rings. The van der Waals surface area contributed by atoms with E-state index in [1.54, 1.807) is 0 Å². The molecule has 0 rings (SSSR count). The van der Waals surface area contributed by atoms with E-state index in [2.05, 4.69) is 32.6 Å². The van der Waals surface area contributed by atoms with E-state index in [-0.39, 0.29) is 5.41 Å². The van der Waals surface area contributed by atoms with Crippen molar-refractivity contribution in [2.75, 3.05) is 39.4 Å². The van der Waals surface area contributed by atoms with Gasteiger partial charge in [-0.15, -0.1) is 0 Å². The van der Waals surface area contributed by atoms with Crippen LogP contribution in [0.1, 0.15) is 47.0 Å². The van der Waals surface area contributed by atoms with E-state index in [1.807, 2.05) is 0 Å². The zero-order valence-electron chi connectivity index (χ0n) is 12.3. The molecule has 2 N–H and O–H groups in total. The Morgan fingerprint density at radius 3 is 2.29 bits per heavy atom. The standard InChI is InChI=1S/C14H32N2O/c1-5-7-10-17-11-9-16(8-6-2)13-14(3,4)12-15/h5-13,15H2,1-4H3. The van der Waals surface area contributed by atoms with Gasteiger partial charge in [-0.2, -0.15) is 0 Å². The lowest BCUT2D eigenvalue weighted by Crippen LogP contribution is -2.40. The first kappa shape index (κ1) is 16.9. The Morgan fingerprint density at radius 2 is 1.76 bits per heavy atom. The summed E-state index contributed by atoms with van der Waals surface area (Å²) < 4.78 is 5.63. The van der Waals surface area contributed by atoms with E-state index in [0.29, 0.717) is 0 Å². The molecule has 0 spiro atoms. The summed E-state index contributed by atoms with van der Waals surface area (Å²) in [6.45, 7) is 14.6. The Hall–Kier alpha value is -0.120. The summed E-state index contributed by atoms with van der Waals surface area (Å²) in [5, 5.41) is 0. The summed E-state index contributed by atoms with van der Waals surface area (Å²) in [4.78, 5) is 2.47. The van der Waals surface area contributed by atoms with E-state index >= 15 is 0 Å². The van der Waals surface area contributed by atoms with Crippen LogP contribution in [0.5, 0.6) is 0 Å². The number of unbranched alkanes of at least 4 members (excludes halogenated alkanes) is 1. The van der Waals surface area contributed by atoms with Crippen molar-refractivity contribution in [1.29, 1.82) is 0 Å². The summed E-state index contributed by atoms with van der Waals surface area (Å²) in [6, 6.07) is 0. The maximum Gasteiger partial charge on any atom is 0.0593 e. The molecule has 0 aromatic heterocycles. The molecule has 17 heavy (non-hydrogen) atoms. The first-order valence-electron chi connectivity index (χ1n) is 7.06. The highest BCUT2D eigenvalue weighted by atomic mass is 16.5. The van der Waals surface area contributed by atoms with Crippen molar-refractivity contribution in [3.05, 3.63) is 0 Å². The molecule has 0 aromatic rings. The predicted molar refractivity (Wildman–Crippen MR) is 75.3 cm³/mol. The Bertz CT molecular complexity index is 172. The fourth-order valence-corrected chi connectivity index (χ4v) is 1.80. The lowest BCUT2D eigenvalue weighted by Gasteiger charge is -2.31. The zero-order chi connectivity index (χ0) is 13.1. The first-order chi connectivity index (χ1) is 8.05. The van der Waals surface area contributed by atoms with Gasteiger partial charge in [0.05, 0.1) is 6.61 Å². The molecule has 0 bridgehead atoms. The van der Waals surface area contributed by atoms with Crippen LogP contribution in [0, 0.1) is 5.41 Å². The van der Waals surface area contributed by atoms with Gasteiger partial charge in [-0.3, -0.25) is 0 Å². The van der Waals surface area contributed by atoms with Crippen LogP contribution in [-0.2, 0) is 4.74 Å². The molecule has 0 saturated carbocycles. The summed E-state index contributed by atoms with van der Waals surface area (Å²) in [6.07, 6.45) is 3.57. The second-order valence-corrected chi connectivity index (χ2v) is 5.61. The lowest BCUT2D eigenvalue weighted by atomic mass is 9.93. The average molecular weight is 244 g/mol. The number of nitrogens with zero attached hydrogens (tertiary/aromatic N) is 1. The van der Waals surface area contributed by atoms with Gasteiger partial charge in [-0.1, -0.05) is 34.1 Å². The third-order valence-corrected chi connectivity index (χ3v) is 2.94. The summed E-state index contributed by atoms with van der Waals surface area (Å²) in [7, 11) is 0. The van der Waals surface area contributed by atoms with Crippen LogP contribution in [0.25, 0.3) is 0 Å². The minimum absolute atomic E-state index is 0.207. The van der Waals surface area contributed by atoms with E-state index in [0.717, 1.165) is 39.4 Å². The molecular weight excluding hydrogens is 212 g/mol. The normalized spacial score (nSPS) is 12.4. The second kappa shape index (κ2) is 9.86. The van der Waals surface area contributed by atoms with Crippen LogP contribution >= 0.6 is 0 Å². The molecule has 0 aromatic carbocycles. The molecule has 0 unspecified atom stereocenters. The minimum atomic E-state index is 0.207. The van der Waals surface area contributed by atoms with Gasteiger partial charge in [0.15, 0.2) is 0 Å². The summed E-state index contributed by atoms with van der Waals surface area (Å²) >= 11 is 0. The smallest absolute Gasteiger partial charge is 0.0593 e. The lowest BCUT2D eigenvalue weighted by molar-refractivity contribution is 0.0870. The molecule has 104 valence electrons. The van der Waals surface area contributed by atoms with Crippen molar-refractivity contribution in [1.82, 2.24) is 4.90 Å². The molecule has 0 fully saturated rings. The fraction of sp³-hybridized carbons (Fsp3) is 1.00. The number of hydrogen-bond acceptors (Lipinski definition) is 3. The largest absolute Gasteiger partial charge is 0.380 e. The van der Waals surface area contributed by atoms with Crippen molar-refractivity contribution < 1.29 is 4.74 Å². The Kier molecular flexibility index (Phi) is 9.79. The molecule has 0 atom stereocenters. The number of hydrogen-bond donors (Lipinski definition) is 1. The molecule has 3 heteroatoms. The maximum absolute atomic E-state index is 5.79. The van der Waals surface area contributed by atoms with Gasteiger partial charge in [-0.25, -0.2) is 0 Å². The first-order valence-corrected chi connectivity index (χ1v) is 7.06. The quantitative estimate of drug-likeness (QED) is 0.568. The SMILES string of the molecule is CCCCOCCN(CCC)CC(C)(C)CN. The molecule has 0 saturated heterocycles. The van der Waals surface area contributed by atoms with E-state index < -0.39 is 0 Å². The van der Waals surface area contributed by atoms with Crippen molar-refractivity contribution in [2.24, 2.45) is 11.1 Å². The molecule has 3 nitrogen and oxygen atoms in total. The van der Waals surface area contributed by atoms with E-state index in [9.17, 15) is 0 Å². The van der Waals surface area contributed by atoms with E-state index in [4.69, 9.17) is 10.5 Å². The zero-order valence-corrected chi connectivity index (χ0v) is 12.3. The van der Waals surface area contributed by atoms with E-state index in [1.165, 1.54) is 19.3 Å². The number of rotatable bonds is 11. The minimum Gasteiger partial charge on any atom is -0.380 e. The van der Waals surface area contributed by atoms with Crippen molar-refractivity contribution in [2.45, 2.75) is 47.0 Å². The number of ether oxygens (including phenoxy) is 1. The van der Waals surface area contributed by atoms with Gasteiger partial charge in [-0.05, 0) is 31.3 Å². The van der Waals surface area contributed by atoms with Crippen LogP contribution in [0.15, 0.2) is 0 Å². The highest BCUT2D eigenvalue weighted by molar-refractivity contribution is 4.74. The van der Waals surface area contributed by atoms with Crippen molar-refractivity contribution >= 4 is 0 Å². The summed E-state index contributed by atoms with van der Waals surface area (Å²) in [5.74, 6) is 0. The Labute approximate surface area is 108 Å². The molecule has 0 radical (unpaired) electrons. The van der Waals surface area contributed by atoms with Crippen LogP contribution in [0.2, 0.25) is 0 Å². The molecule has 0 amide bonds. The maximum atomic E-state index is 5.79. The third kappa shape index (κ3) is 9.57. The van der Waals surface area contributed by atoms with Gasteiger partial charge >= 0.3 is 0 Å². The second-order valence-electron chi connectivity index (χ2n) is 5.61. The molecular formula is C14H32N2O. The monoisotopic (exact) mass is 244 g/mol. The molecule has 0 aliphatic heterocycles. The van der Waals surface area contributed by atoms with Gasteiger partial charge in [0.25, 0.3) is 0 Å². The van der Waals surface area contributed by atoms with Crippen molar-refractivity contribution in [3.63, 3.8) is 0 Å². The van der Waals surface area contributed by atoms with Crippen LogP contribution < -0.4 is 5.73 Å². The third-order valence-electron chi connectivity index (χ3n) is 2.94. The fourth-order valence-electron chi connectivity index (χ4n) is 1.80. The van der Waals surface area contributed by atoms with Crippen molar-refractivity contribution in [3.8, 4) is 0 Å². The van der Waals surface area contributed by atoms with Gasteiger partial charge < -0.3 is 15.4 Å². The predicted octanol–water partition coefficient (Wildman–Crippen LogP) is 2.50. The van der Waals surface area contributed by atoms with Gasteiger partial charge in [0, 0.05) is 19.7 Å². The van der Waals surface area contributed by atoms with Crippen LogP contribution in [0.4, 0.5) is 0 Å². The number of nitrogens with two attached hydrogens (primary N) is 1.